The fourth-order valence-corrected chi connectivity index (χ4v) is 2.79. The lowest BCUT2D eigenvalue weighted by molar-refractivity contribution is 0.000549. The van der Waals surface area contributed by atoms with Crippen LogP contribution < -0.4 is 4.90 Å². The van der Waals surface area contributed by atoms with Crippen LogP contribution >= 0.6 is 15.9 Å². The molecule has 0 atom stereocenters. The standard InChI is InChI=1S/C13H16BrN5O/c1-18-7-4-15-11(18)13(20)2-5-19(6-3-13)12-16-8-10(14)9-17-12/h4,7-9,20H,2-3,5-6H2,1H3. The quantitative estimate of drug-likeness (QED) is 0.898. The molecule has 106 valence electrons. The molecule has 1 saturated heterocycles. The zero-order valence-corrected chi connectivity index (χ0v) is 12.8. The molecule has 6 nitrogen and oxygen atoms in total. The Morgan fingerprint density at radius 3 is 2.40 bits per heavy atom. The first-order chi connectivity index (χ1) is 9.58. The molecule has 0 aliphatic carbocycles. The predicted octanol–water partition coefficient (Wildman–Crippen LogP) is 1.46. The Labute approximate surface area is 125 Å². The Balaban J connectivity index is 1.73. The Hall–Kier alpha value is -1.47. The molecule has 1 N–H and O–H groups in total. The van der Waals surface area contributed by atoms with Crippen molar-refractivity contribution in [1.82, 2.24) is 19.5 Å². The summed E-state index contributed by atoms with van der Waals surface area (Å²) in [7, 11) is 1.91. The van der Waals surface area contributed by atoms with Crippen molar-refractivity contribution in [1.29, 1.82) is 0 Å². The lowest BCUT2D eigenvalue weighted by Crippen LogP contribution is -2.44. The molecule has 1 aliphatic rings. The van der Waals surface area contributed by atoms with Gasteiger partial charge in [0.15, 0.2) is 0 Å². The lowest BCUT2D eigenvalue weighted by atomic mass is 9.90. The number of imidazole rings is 1. The van der Waals surface area contributed by atoms with E-state index in [0.717, 1.165) is 10.3 Å². The summed E-state index contributed by atoms with van der Waals surface area (Å²) in [6, 6.07) is 0. The number of nitrogens with zero attached hydrogens (tertiary/aromatic N) is 5. The van der Waals surface area contributed by atoms with Gasteiger partial charge in [0.1, 0.15) is 11.4 Å². The first-order valence-corrected chi connectivity index (χ1v) is 7.30. The molecule has 0 radical (unpaired) electrons. The number of halogens is 1. The normalized spacial score (nSPS) is 18.2. The molecule has 0 amide bonds. The van der Waals surface area contributed by atoms with Crippen molar-refractivity contribution < 1.29 is 5.11 Å². The SMILES string of the molecule is Cn1ccnc1C1(O)CCN(c2ncc(Br)cn2)CC1. The lowest BCUT2D eigenvalue weighted by Gasteiger charge is -2.37. The third-order valence-corrected chi connectivity index (χ3v) is 4.13. The van der Waals surface area contributed by atoms with Gasteiger partial charge in [-0.1, -0.05) is 0 Å². The van der Waals surface area contributed by atoms with Crippen LogP contribution in [0.15, 0.2) is 29.3 Å². The zero-order valence-electron chi connectivity index (χ0n) is 11.2. The van der Waals surface area contributed by atoms with Gasteiger partial charge in [0.05, 0.1) is 4.47 Å². The highest BCUT2D eigenvalue weighted by atomic mass is 79.9. The number of piperidine rings is 1. The van der Waals surface area contributed by atoms with Crippen LogP contribution in [0, 0.1) is 0 Å². The molecular formula is C13H16BrN5O. The summed E-state index contributed by atoms with van der Waals surface area (Å²) in [5.41, 5.74) is -0.857. The van der Waals surface area contributed by atoms with E-state index in [1.54, 1.807) is 18.6 Å². The molecule has 1 aliphatic heterocycles. The fraction of sp³-hybridized carbons (Fsp3) is 0.462. The van der Waals surface area contributed by atoms with Crippen molar-refractivity contribution in [2.24, 2.45) is 7.05 Å². The number of anilines is 1. The zero-order chi connectivity index (χ0) is 14.2. The number of hydrogen-bond donors (Lipinski definition) is 1. The first kappa shape index (κ1) is 13.5. The molecule has 20 heavy (non-hydrogen) atoms. The summed E-state index contributed by atoms with van der Waals surface area (Å²) in [6.45, 7) is 1.43. The summed E-state index contributed by atoms with van der Waals surface area (Å²) in [5, 5.41) is 10.8. The summed E-state index contributed by atoms with van der Waals surface area (Å²) >= 11 is 3.33. The second-order valence-electron chi connectivity index (χ2n) is 5.08. The van der Waals surface area contributed by atoms with E-state index < -0.39 is 5.60 Å². The van der Waals surface area contributed by atoms with E-state index in [-0.39, 0.29) is 0 Å². The maximum absolute atomic E-state index is 10.8. The number of aliphatic hydroxyl groups is 1. The van der Waals surface area contributed by atoms with Crippen LogP contribution in [-0.2, 0) is 12.6 Å². The molecular weight excluding hydrogens is 322 g/mol. The molecule has 0 aromatic carbocycles. The van der Waals surface area contributed by atoms with Gasteiger partial charge >= 0.3 is 0 Å². The van der Waals surface area contributed by atoms with Crippen LogP contribution in [0.5, 0.6) is 0 Å². The van der Waals surface area contributed by atoms with E-state index in [1.165, 1.54) is 0 Å². The first-order valence-electron chi connectivity index (χ1n) is 6.51. The van der Waals surface area contributed by atoms with E-state index >= 15 is 0 Å². The summed E-state index contributed by atoms with van der Waals surface area (Å²) in [4.78, 5) is 15.0. The Bertz CT molecular complexity index is 589. The van der Waals surface area contributed by atoms with E-state index in [1.807, 2.05) is 17.8 Å². The van der Waals surface area contributed by atoms with Gasteiger partial charge in [-0.25, -0.2) is 15.0 Å². The summed E-state index contributed by atoms with van der Waals surface area (Å²) in [5.74, 6) is 1.43. The minimum atomic E-state index is -0.857. The third kappa shape index (κ3) is 2.43. The van der Waals surface area contributed by atoms with E-state index in [0.29, 0.717) is 31.9 Å². The number of aromatic nitrogens is 4. The molecule has 2 aromatic heterocycles. The molecule has 1 fully saturated rings. The average Bonchev–Trinajstić information content (AvgIpc) is 2.88. The minimum absolute atomic E-state index is 0.622. The van der Waals surface area contributed by atoms with E-state index in [2.05, 4.69) is 35.8 Å². The van der Waals surface area contributed by atoms with Crippen LogP contribution in [0.4, 0.5) is 5.95 Å². The van der Waals surface area contributed by atoms with Crippen molar-refractivity contribution >= 4 is 21.9 Å². The average molecular weight is 338 g/mol. The van der Waals surface area contributed by atoms with E-state index in [4.69, 9.17) is 0 Å². The van der Waals surface area contributed by atoms with Crippen LogP contribution in [0.25, 0.3) is 0 Å². The summed E-state index contributed by atoms with van der Waals surface area (Å²) < 4.78 is 2.74. The predicted molar refractivity (Wildman–Crippen MR) is 78.3 cm³/mol. The molecule has 3 rings (SSSR count). The van der Waals surface area contributed by atoms with Gasteiger partial charge in [-0.05, 0) is 15.9 Å². The van der Waals surface area contributed by atoms with Crippen molar-refractivity contribution in [3.05, 3.63) is 35.1 Å². The Kier molecular flexibility index (Phi) is 3.47. The van der Waals surface area contributed by atoms with Crippen molar-refractivity contribution in [2.75, 3.05) is 18.0 Å². The van der Waals surface area contributed by atoms with Crippen LogP contribution in [-0.4, -0.2) is 37.7 Å². The minimum Gasteiger partial charge on any atom is -0.382 e. The van der Waals surface area contributed by atoms with Crippen LogP contribution in [0.3, 0.4) is 0 Å². The Morgan fingerprint density at radius 1 is 1.20 bits per heavy atom. The highest BCUT2D eigenvalue weighted by Gasteiger charge is 2.37. The van der Waals surface area contributed by atoms with Crippen molar-refractivity contribution in [3.8, 4) is 0 Å². The number of hydrogen-bond acceptors (Lipinski definition) is 5. The third-order valence-electron chi connectivity index (χ3n) is 3.72. The highest BCUT2D eigenvalue weighted by molar-refractivity contribution is 9.10. The molecule has 3 heterocycles. The topological polar surface area (TPSA) is 67.1 Å². The van der Waals surface area contributed by atoms with Gasteiger partial charge in [0, 0.05) is 57.8 Å². The van der Waals surface area contributed by atoms with Gasteiger partial charge in [-0.2, -0.15) is 0 Å². The fourth-order valence-electron chi connectivity index (χ4n) is 2.58. The monoisotopic (exact) mass is 337 g/mol. The van der Waals surface area contributed by atoms with Gasteiger partial charge in [-0.15, -0.1) is 0 Å². The largest absolute Gasteiger partial charge is 0.382 e. The molecule has 0 unspecified atom stereocenters. The van der Waals surface area contributed by atoms with Gasteiger partial charge in [0.2, 0.25) is 5.95 Å². The molecule has 2 aromatic rings. The van der Waals surface area contributed by atoms with Gasteiger partial charge in [0.25, 0.3) is 0 Å². The molecule has 7 heteroatoms. The second kappa shape index (κ2) is 5.14. The number of aryl methyl sites for hydroxylation is 1. The molecule has 0 spiro atoms. The summed E-state index contributed by atoms with van der Waals surface area (Å²) in [6.07, 6.45) is 8.30. The number of rotatable bonds is 2. The second-order valence-corrected chi connectivity index (χ2v) is 6.00. The maximum atomic E-state index is 10.8. The van der Waals surface area contributed by atoms with E-state index in [9.17, 15) is 5.11 Å². The van der Waals surface area contributed by atoms with Gasteiger partial charge < -0.3 is 14.6 Å². The smallest absolute Gasteiger partial charge is 0.225 e. The highest BCUT2D eigenvalue weighted by Crippen LogP contribution is 2.32. The van der Waals surface area contributed by atoms with Gasteiger partial charge in [-0.3, -0.25) is 0 Å². The maximum Gasteiger partial charge on any atom is 0.225 e. The molecule has 0 bridgehead atoms. The van der Waals surface area contributed by atoms with Crippen molar-refractivity contribution in [3.63, 3.8) is 0 Å². The van der Waals surface area contributed by atoms with Crippen LogP contribution in [0.1, 0.15) is 18.7 Å². The molecule has 0 saturated carbocycles. The van der Waals surface area contributed by atoms with Crippen LogP contribution in [0.2, 0.25) is 0 Å². The Morgan fingerprint density at radius 2 is 1.85 bits per heavy atom. The van der Waals surface area contributed by atoms with Crippen molar-refractivity contribution in [2.45, 2.75) is 18.4 Å².